The molecular weight excluding hydrogens is 361 g/mol. The van der Waals surface area contributed by atoms with Gasteiger partial charge in [-0.1, -0.05) is 12.1 Å². The van der Waals surface area contributed by atoms with Crippen molar-refractivity contribution in [3.8, 4) is 5.69 Å². The number of aliphatic hydroxyl groups is 1. The molecule has 27 heavy (non-hydrogen) atoms. The third-order valence-electron chi connectivity index (χ3n) is 4.76. The van der Waals surface area contributed by atoms with Crippen molar-refractivity contribution in [2.24, 2.45) is 5.92 Å². The number of hydrogen-bond donors (Lipinski definition) is 3. The quantitative estimate of drug-likeness (QED) is 0.740. The second-order valence-electron chi connectivity index (χ2n) is 6.99. The molecular formula is C18H21F3N4O2. The molecule has 0 bridgehead atoms. The lowest BCUT2D eigenvalue weighted by Gasteiger charge is -2.26. The molecule has 9 heteroatoms. The molecule has 2 atom stereocenters. The van der Waals surface area contributed by atoms with E-state index >= 15 is 0 Å². The Bertz CT molecular complexity index is 811. The number of benzene rings is 1. The van der Waals surface area contributed by atoms with Crippen molar-refractivity contribution in [3.63, 3.8) is 0 Å². The third kappa shape index (κ3) is 4.24. The van der Waals surface area contributed by atoms with Crippen LogP contribution in [0.25, 0.3) is 5.69 Å². The second-order valence-corrected chi connectivity index (χ2v) is 6.99. The molecule has 1 aromatic carbocycles. The Morgan fingerprint density at radius 2 is 1.89 bits per heavy atom. The van der Waals surface area contributed by atoms with Crippen LogP contribution in [0, 0.1) is 5.92 Å². The fraction of sp³-hybridized carbons (Fsp3) is 0.444. The smallest absolute Gasteiger partial charge is 0.376 e. The minimum Gasteiger partial charge on any atom is -0.376 e. The molecule has 0 saturated heterocycles. The SMILES string of the molecule is C[C@H](NC(=O)Nc1ccn(-c2ccc(C(C)(O)C(F)(F)F)cc2)n1)C1CC1. The molecule has 1 aliphatic carbocycles. The standard InChI is InChI=1S/C18H21F3N4O2/c1-11(12-3-4-12)22-16(26)23-15-9-10-25(24-15)14-7-5-13(6-8-14)17(2,27)18(19,20)21/h5-12,27H,3-4H2,1-2H3,(H2,22,23,24,26)/t11-,17?/m0/s1. The van der Waals surface area contributed by atoms with Gasteiger partial charge in [-0.3, -0.25) is 5.32 Å². The molecule has 1 aromatic heterocycles. The molecule has 146 valence electrons. The fourth-order valence-corrected chi connectivity index (χ4v) is 2.71. The summed E-state index contributed by atoms with van der Waals surface area (Å²) in [5.41, 5.74) is -2.70. The summed E-state index contributed by atoms with van der Waals surface area (Å²) in [4.78, 5) is 11.9. The number of urea groups is 1. The largest absolute Gasteiger partial charge is 0.421 e. The van der Waals surface area contributed by atoms with Crippen LogP contribution in [0.15, 0.2) is 36.5 Å². The van der Waals surface area contributed by atoms with Gasteiger partial charge in [-0.05, 0) is 50.3 Å². The summed E-state index contributed by atoms with van der Waals surface area (Å²) in [6.45, 7) is 2.66. The summed E-state index contributed by atoms with van der Waals surface area (Å²) in [5.74, 6) is 0.850. The van der Waals surface area contributed by atoms with Gasteiger partial charge in [0.05, 0.1) is 5.69 Å². The van der Waals surface area contributed by atoms with Crippen LogP contribution in [0.4, 0.5) is 23.8 Å². The maximum atomic E-state index is 12.9. The molecule has 0 aliphatic heterocycles. The Morgan fingerprint density at radius 1 is 1.26 bits per heavy atom. The number of carbonyl (C=O) groups excluding carboxylic acids is 1. The summed E-state index contributed by atoms with van der Waals surface area (Å²) in [7, 11) is 0. The van der Waals surface area contributed by atoms with Gasteiger partial charge in [0.2, 0.25) is 0 Å². The van der Waals surface area contributed by atoms with Gasteiger partial charge in [-0.15, -0.1) is 5.10 Å². The van der Waals surface area contributed by atoms with E-state index in [9.17, 15) is 23.1 Å². The summed E-state index contributed by atoms with van der Waals surface area (Å²) < 4.78 is 40.1. The highest BCUT2D eigenvalue weighted by atomic mass is 19.4. The average Bonchev–Trinajstić information content (AvgIpc) is 3.34. The number of hydrogen-bond acceptors (Lipinski definition) is 3. The van der Waals surface area contributed by atoms with Crippen LogP contribution < -0.4 is 10.6 Å². The summed E-state index contributed by atoms with van der Waals surface area (Å²) >= 11 is 0. The van der Waals surface area contributed by atoms with E-state index in [1.165, 1.54) is 28.9 Å². The van der Waals surface area contributed by atoms with Crippen LogP contribution in [0.3, 0.4) is 0 Å². The highest BCUT2D eigenvalue weighted by molar-refractivity contribution is 5.88. The van der Waals surface area contributed by atoms with Crippen molar-refractivity contribution in [2.45, 2.75) is 44.5 Å². The van der Waals surface area contributed by atoms with Crippen LogP contribution in [0.2, 0.25) is 0 Å². The predicted molar refractivity (Wildman–Crippen MR) is 93.5 cm³/mol. The van der Waals surface area contributed by atoms with Gasteiger partial charge in [0.1, 0.15) is 0 Å². The average molecular weight is 382 g/mol. The Morgan fingerprint density at radius 3 is 2.44 bits per heavy atom. The van der Waals surface area contributed by atoms with Crippen molar-refractivity contribution in [1.82, 2.24) is 15.1 Å². The highest BCUT2D eigenvalue weighted by Crippen LogP contribution is 2.38. The van der Waals surface area contributed by atoms with E-state index in [-0.39, 0.29) is 17.6 Å². The number of anilines is 1. The maximum absolute atomic E-state index is 12.9. The van der Waals surface area contributed by atoms with Gasteiger partial charge in [0.15, 0.2) is 11.4 Å². The lowest BCUT2D eigenvalue weighted by atomic mass is 9.95. The molecule has 1 unspecified atom stereocenters. The molecule has 1 heterocycles. The van der Waals surface area contributed by atoms with Crippen LogP contribution in [-0.2, 0) is 5.60 Å². The first-order valence-electron chi connectivity index (χ1n) is 8.61. The maximum Gasteiger partial charge on any atom is 0.421 e. The molecule has 2 aromatic rings. The van der Waals surface area contributed by atoms with Crippen molar-refractivity contribution >= 4 is 11.8 Å². The van der Waals surface area contributed by atoms with E-state index in [4.69, 9.17) is 0 Å². The molecule has 2 amide bonds. The zero-order chi connectivity index (χ0) is 19.8. The van der Waals surface area contributed by atoms with Crippen molar-refractivity contribution in [2.75, 3.05) is 5.32 Å². The zero-order valence-corrected chi connectivity index (χ0v) is 14.9. The Kier molecular flexibility index (Phi) is 4.90. The molecule has 3 N–H and O–H groups in total. The van der Waals surface area contributed by atoms with Crippen LogP contribution in [0.5, 0.6) is 0 Å². The summed E-state index contributed by atoms with van der Waals surface area (Å²) in [6.07, 6.45) is -0.959. The lowest BCUT2D eigenvalue weighted by molar-refractivity contribution is -0.258. The van der Waals surface area contributed by atoms with Gasteiger partial charge in [-0.25, -0.2) is 9.48 Å². The third-order valence-corrected chi connectivity index (χ3v) is 4.76. The van der Waals surface area contributed by atoms with Gasteiger partial charge in [-0.2, -0.15) is 13.2 Å². The topological polar surface area (TPSA) is 79.2 Å². The van der Waals surface area contributed by atoms with Gasteiger partial charge < -0.3 is 10.4 Å². The first-order valence-corrected chi connectivity index (χ1v) is 8.61. The fourth-order valence-electron chi connectivity index (χ4n) is 2.71. The predicted octanol–water partition coefficient (Wildman–Crippen LogP) is 3.56. The Hall–Kier alpha value is -2.55. The van der Waals surface area contributed by atoms with Crippen molar-refractivity contribution in [1.29, 1.82) is 0 Å². The van der Waals surface area contributed by atoms with E-state index in [2.05, 4.69) is 15.7 Å². The molecule has 6 nitrogen and oxygen atoms in total. The lowest BCUT2D eigenvalue weighted by Crippen LogP contribution is -2.39. The molecule has 1 aliphatic rings. The van der Waals surface area contributed by atoms with Gasteiger partial charge >= 0.3 is 12.2 Å². The normalized spacial score (nSPS) is 17.9. The molecule has 0 radical (unpaired) electrons. The Balaban J connectivity index is 1.66. The summed E-state index contributed by atoms with van der Waals surface area (Å²) in [5, 5.41) is 19.4. The van der Waals surface area contributed by atoms with E-state index in [0.29, 0.717) is 24.3 Å². The number of nitrogens with one attached hydrogen (secondary N) is 2. The number of amides is 2. The number of nitrogens with zero attached hydrogens (tertiary/aromatic N) is 2. The van der Waals surface area contributed by atoms with Crippen molar-refractivity contribution in [3.05, 3.63) is 42.1 Å². The number of halogens is 3. The highest BCUT2D eigenvalue weighted by Gasteiger charge is 2.51. The van der Waals surface area contributed by atoms with Crippen LogP contribution in [0.1, 0.15) is 32.3 Å². The molecule has 3 rings (SSSR count). The van der Waals surface area contributed by atoms with Crippen LogP contribution in [-0.4, -0.2) is 33.1 Å². The van der Waals surface area contributed by atoms with E-state index in [1.807, 2.05) is 6.92 Å². The first-order chi connectivity index (χ1) is 12.6. The van der Waals surface area contributed by atoms with Gasteiger partial charge in [0, 0.05) is 18.3 Å². The second kappa shape index (κ2) is 6.88. The molecule has 1 fully saturated rings. The van der Waals surface area contributed by atoms with E-state index in [1.54, 1.807) is 12.3 Å². The minimum absolute atomic E-state index is 0.0982. The number of aromatic nitrogens is 2. The number of carbonyl (C=O) groups is 1. The Labute approximate surface area is 154 Å². The number of alkyl halides is 3. The molecule has 0 spiro atoms. The first kappa shape index (κ1) is 19.2. The van der Waals surface area contributed by atoms with Gasteiger partial charge in [0.25, 0.3) is 0 Å². The summed E-state index contributed by atoms with van der Waals surface area (Å²) in [6, 6.07) is 6.56. The minimum atomic E-state index is -4.78. The van der Waals surface area contributed by atoms with E-state index in [0.717, 1.165) is 12.8 Å². The zero-order valence-electron chi connectivity index (χ0n) is 14.9. The molecule has 1 saturated carbocycles. The van der Waals surface area contributed by atoms with Crippen molar-refractivity contribution < 1.29 is 23.1 Å². The van der Waals surface area contributed by atoms with Crippen LogP contribution >= 0.6 is 0 Å². The van der Waals surface area contributed by atoms with E-state index < -0.39 is 11.8 Å². The number of rotatable bonds is 5. The monoisotopic (exact) mass is 382 g/mol.